The highest BCUT2D eigenvalue weighted by molar-refractivity contribution is 7.12. The van der Waals surface area contributed by atoms with E-state index in [1.807, 2.05) is 42.6 Å². The number of nitrogens with zero attached hydrogens (tertiary/aromatic N) is 2. The van der Waals surface area contributed by atoms with Gasteiger partial charge in [0.25, 0.3) is 5.91 Å². The summed E-state index contributed by atoms with van der Waals surface area (Å²) in [4.78, 5) is 22.6. The number of hydrogen-bond acceptors (Lipinski definition) is 3. The van der Waals surface area contributed by atoms with Gasteiger partial charge in [0.05, 0.1) is 22.5 Å². The lowest BCUT2D eigenvalue weighted by Crippen LogP contribution is -2.26. The Balaban J connectivity index is 1.80. The zero-order valence-corrected chi connectivity index (χ0v) is 12.2. The monoisotopic (exact) mass is 285 g/mol. The number of carbonyl (C=O) groups excluding carboxylic acids is 1. The summed E-state index contributed by atoms with van der Waals surface area (Å²) in [5, 5.41) is 1.94. The van der Waals surface area contributed by atoms with E-state index in [0.29, 0.717) is 6.54 Å². The molecule has 0 saturated heterocycles. The number of benzene rings is 1. The van der Waals surface area contributed by atoms with E-state index in [4.69, 9.17) is 0 Å². The van der Waals surface area contributed by atoms with E-state index in [-0.39, 0.29) is 5.91 Å². The molecule has 2 aromatic heterocycles. The molecule has 0 unspecified atom stereocenters. The lowest BCUT2D eigenvalue weighted by atomic mass is 10.2. The van der Waals surface area contributed by atoms with Crippen LogP contribution in [0.1, 0.15) is 21.1 Å². The molecule has 4 nitrogen and oxygen atoms in total. The number of imidazole rings is 1. The van der Waals surface area contributed by atoms with Gasteiger partial charge in [0.15, 0.2) is 0 Å². The second-order valence-electron chi connectivity index (χ2n) is 4.79. The molecule has 3 rings (SSSR count). The molecule has 0 saturated carbocycles. The van der Waals surface area contributed by atoms with Gasteiger partial charge in [-0.3, -0.25) is 4.79 Å². The molecule has 3 aromatic rings. The number of hydrogen-bond donors (Lipinski definition) is 1. The summed E-state index contributed by atoms with van der Waals surface area (Å²) < 4.78 is 0. The fourth-order valence-electron chi connectivity index (χ4n) is 2.14. The average molecular weight is 285 g/mol. The Hall–Kier alpha value is -2.14. The van der Waals surface area contributed by atoms with Crippen molar-refractivity contribution in [2.45, 2.75) is 13.5 Å². The maximum Gasteiger partial charge on any atom is 0.264 e. The van der Waals surface area contributed by atoms with Crippen molar-refractivity contribution in [3.05, 3.63) is 52.0 Å². The van der Waals surface area contributed by atoms with Gasteiger partial charge in [0.2, 0.25) is 0 Å². The van der Waals surface area contributed by atoms with Crippen molar-refractivity contribution in [2.75, 3.05) is 7.05 Å². The molecule has 102 valence electrons. The number of H-pyrrole nitrogens is 1. The molecule has 0 bridgehead atoms. The van der Waals surface area contributed by atoms with E-state index in [2.05, 4.69) is 9.97 Å². The number of carbonyl (C=O) groups is 1. The Bertz CT molecular complexity index is 726. The van der Waals surface area contributed by atoms with E-state index in [1.54, 1.807) is 11.9 Å². The van der Waals surface area contributed by atoms with Gasteiger partial charge in [0, 0.05) is 7.05 Å². The number of nitrogens with one attached hydrogen (secondary N) is 1. The lowest BCUT2D eigenvalue weighted by molar-refractivity contribution is 0.0786. The van der Waals surface area contributed by atoms with Gasteiger partial charge in [-0.2, -0.15) is 0 Å². The summed E-state index contributed by atoms with van der Waals surface area (Å²) in [5.41, 5.74) is 2.95. The highest BCUT2D eigenvalue weighted by Crippen LogP contribution is 2.18. The van der Waals surface area contributed by atoms with Crippen molar-refractivity contribution < 1.29 is 4.79 Å². The van der Waals surface area contributed by atoms with Crippen LogP contribution in [-0.4, -0.2) is 27.8 Å². The van der Waals surface area contributed by atoms with Gasteiger partial charge < -0.3 is 9.88 Å². The molecule has 1 N–H and O–H groups in total. The Morgan fingerprint density at radius 1 is 1.35 bits per heavy atom. The first kappa shape index (κ1) is 12.9. The first-order chi connectivity index (χ1) is 9.65. The predicted molar refractivity (Wildman–Crippen MR) is 80.9 cm³/mol. The number of thiophene rings is 1. The summed E-state index contributed by atoms with van der Waals surface area (Å²) in [6.07, 6.45) is 0. The topological polar surface area (TPSA) is 49.0 Å². The van der Waals surface area contributed by atoms with Gasteiger partial charge in [-0.1, -0.05) is 12.1 Å². The number of rotatable bonds is 3. The molecule has 1 aromatic carbocycles. The second-order valence-corrected chi connectivity index (χ2v) is 5.71. The van der Waals surface area contributed by atoms with Gasteiger partial charge in [-0.25, -0.2) is 4.98 Å². The van der Waals surface area contributed by atoms with E-state index >= 15 is 0 Å². The highest BCUT2D eigenvalue weighted by atomic mass is 32.1. The van der Waals surface area contributed by atoms with Crippen molar-refractivity contribution >= 4 is 28.3 Å². The van der Waals surface area contributed by atoms with Gasteiger partial charge in [0.1, 0.15) is 5.82 Å². The molecule has 0 spiro atoms. The summed E-state index contributed by atoms with van der Waals surface area (Å²) >= 11 is 1.48. The summed E-state index contributed by atoms with van der Waals surface area (Å²) in [7, 11) is 1.80. The molecule has 0 fully saturated rings. The normalized spacial score (nSPS) is 10.9. The molecule has 0 aliphatic heterocycles. The van der Waals surface area contributed by atoms with Crippen LogP contribution >= 0.6 is 11.3 Å². The number of aromatic nitrogens is 2. The maximum atomic E-state index is 12.3. The molecular formula is C15H15N3OS. The first-order valence-corrected chi connectivity index (χ1v) is 7.26. The maximum absolute atomic E-state index is 12.3. The van der Waals surface area contributed by atoms with Crippen LogP contribution in [-0.2, 0) is 6.54 Å². The third-order valence-electron chi connectivity index (χ3n) is 3.23. The quantitative estimate of drug-likeness (QED) is 0.803. The Morgan fingerprint density at radius 3 is 2.85 bits per heavy atom. The van der Waals surface area contributed by atoms with Crippen LogP contribution in [0.4, 0.5) is 0 Å². The van der Waals surface area contributed by atoms with Crippen LogP contribution in [0.2, 0.25) is 0 Å². The van der Waals surface area contributed by atoms with Crippen LogP contribution in [0.5, 0.6) is 0 Å². The zero-order chi connectivity index (χ0) is 14.1. The van der Waals surface area contributed by atoms with E-state index < -0.39 is 0 Å². The number of aromatic amines is 1. The van der Waals surface area contributed by atoms with Crippen molar-refractivity contribution in [3.8, 4) is 0 Å². The Kier molecular flexibility index (Phi) is 3.28. The van der Waals surface area contributed by atoms with Crippen LogP contribution in [0.3, 0.4) is 0 Å². The fraction of sp³-hybridized carbons (Fsp3) is 0.200. The molecule has 5 heteroatoms. The Morgan fingerprint density at radius 2 is 2.15 bits per heavy atom. The minimum atomic E-state index is 0.0398. The first-order valence-electron chi connectivity index (χ1n) is 6.38. The molecule has 0 aliphatic carbocycles. The second kappa shape index (κ2) is 5.09. The SMILES string of the molecule is Cc1ccsc1C(=O)N(C)Cc1nc2ccccc2[nH]1. The Labute approximate surface area is 121 Å². The molecule has 0 atom stereocenters. The standard InChI is InChI=1S/C15H15N3OS/c1-10-7-8-20-14(10)15(19)18(2)9-13-16-11-5-3-4-6-12(11)17-13/h3-8H,9H2,1-2H3,(H,16,17). The molecule has 20 heavy (non-hydrogen) atoms. The van der Waals surface area contributed by atoms with Crippen molar-refractivity contribution in [1.82, 2.24) is 14.9 Å². The van der Waals surface area contributed by atoms with Gasteiger partial charge in [-0.05, 0) is 36.1 Å². The van der Waals surface area contributed by atoms with E-state index in [0.717, 1.165) is 27.3 Å². The third-order valence-corrected chi connectivity index (χ3v) is 4.23. The van der Waals surface area contributed by atoms with Crippen molar-refractivity contribution in [1.29, 1.82) is 0 Å². The van der Waals surface area contributed by atoms with Gasteiger partial charge in [-0.15, -0.1) is 11.3 Å². The van der Waals surface area contributed by atoms with Crippen LogP contribution in [0, 0.1) is 6.92 Å². The van der Waals surface area contributed by atoms with Crippen molar-refractivity contribution in [3.63, 3.8) is 0 Å². The largest absolute Gasteiger partial charge is 0.340 e. The zero-order valence-electron chi connectivity index (χ0n) is 11.4. The minimum absolute atomic E-state index is 0.0398. The molecule has 0 radical (unpaired) electrons. The summed E-state index contributed by atoms with van der Waals surface area (Å²) in [6.45, 7) is 2.43. The number of fused-ring (bicyclic) bond motifs is 1. The van der Waals surface area contributed by atoms with Gasteiger partial charge >= 0.3 is 0 Å². The average Bonchev–Trinajstić information content (AvgIpc) is 3.03. The number of para-hydroxylation sites is 2. The smallest absolute Gasteiger partial charge is 0.264 e. The van der Waals surface area contributed by atoms with Crippen molar-refractivity contribution in [2.24, 2.45) is 0 Å². The lowest BCUT2D eigenvalue weighted by Gasteiger charge is -2.15. The minimum Gasteiger partial charge on any atom is -0.340 e. The molecular weight excluding hydrogens is 270 g/mol. The number of aryl methyl sites for hydroxylation is 1. The van der Waals surface area contributed by atoms with E-state index in [1.165, 1.54) is 11.3 Å². The summed E-state index contributed by atoms with van der Waals surface area (Å²) in [5.74, 6) is 0.842. The predicted octanol–water partition coefficient (Wildman–Crippen LogP) is 3.21. The highest BCUT2D eigenvalue weighted by Gasteiger charge is 2.16. The number of amides is 1. The fourth-order valence-corrected chi connectivity index (χ4v) is 3.06. The molecule has 0 aliphatic rings. The molecule has 2 heterocycles. The molecule has 1 amide bonds. The third kappa shape index (κ3) is 2.32. The van der Waals surface area contributed by atoms with E-state index in [9.17, 15) is 4.79 Å². The van der Waals surface area contributed by atoms with Crippen LogP contribution in [0.15, 0.2) is 35.7 Å². The summed E-state index contributed by atoms with van der Waals surface area (Å²) in [6, 6.07) is 9.83. The van der Waals surface area contributed by atoms with Crippen LogP contribution in [0.25, 0.3) is 11.0 Å². The van der Waals surface area contributed by atoms with Crippen LogP contribution < -0.4 is 0 Å².